The first-order valence-corrected chi connectivity index (χ1v) is 9.28. The van der Waals surface area contributed by atoms with Crippen molar-refractivity contribution in [2.24, 2.45) is 11.8 Å². The second kappa shape index (κ2) is 5.34. The Labute approximate surface area is 154 Å². The summed E-state index contributed by atoms with van der Waals surface area (Å²) in [5.41, 5.74) is 2.05. The van der Waals surface area contributed by atoms with Crippen molar-refractivity contribution in [1.29, 1.82) is 0 Å². The summed E-state index contributed by atoms with van der Waals surface area (Å²) >= 11 is 13.2. The lowest BCUT2D eigenvalue weighted by molar-refractivity contribution is 0.348. The minimum atomic E-state index is 0.218. The molecule has 0 radical (unpaired) electrons. The molecule has 6 rings (SSSR count). The fraction of sp³-hybridized carbons (Fsp3) is 0.412. The molecule has 1 saturated carbocycles. The highest BCUT2D eigenvalue weighted by atomic mass is 35.5. The topological polar surface area (TPSA) is 38.3 Å². The third-order valence-electron chi connectivity index (χ3n) is 5.37. The second-order valence-corrected chi connectivity index (χ2v) is 8.02. The van der Waals surface area contributed by atoms with Crippen molar-refractivity contribution in [2.45, 2.75) is 5.41 Å². The van der Waals surface area contributed by atoms with Gasteiger partial charge in [0, 0.05) is 40.7 Å². The van der Waals surface area contributed by atoms with Crippen LogP contribution in [0.25, 0.3) is 0 Å². The minimum Gasteiger partial charge on any atom is -0.463 e. The molecule has 2 aromatic rings. The van der Waals surface area contributed by atoms with Gasteiger partial charge in [0.05, 0.1) is 11.7 Å². The molecule has 1 aromatic carbocycles. The Morgan fingerprint density at radius 1 is 1.21 bits per heavy atom. The zero-order valence-electron chi connectivity index (χ0n) is 12.6. The van der Waals surface area contributed by atoms with Crippen LogP contribution in [0.1, 0.15) is 11.3 Å². The van der Waals surface area contributed by atoms with Gasteiger partial charge in [-0.05, 0) is 30.0 Å². The number of rotatable bonds is 3. The molecule has 3 aliphatic heterocycles. The van der Waals surface area contributed by atoms with Crippen LogP contribution in [-0.2, 0) is 5.41 Å². The summed E-state index contributed by atoms with van der Waals surface area (Å²) in [5.74, 6) is 8.18. The molecule has 3 saturated heterocycles. The van der Waals surface area contributed by atoms with Crippen LogP contribution >= 0.6 is 34.9 Å². The fourth-order valence-corrected chi connectivity index (χ4v) is 5.51. The Bertz CT molecular complexity index is 855. The van der Waals surface area contributed by atoms with E-state index in [1.807, 2.05) is 0 Å². The Morgan fingerprint density at radius 2 is 1.96 bits per heavy atom. The normalized spacial score (nSPS) is 31.7. The lowest BCUT2D eigenvalue weighted by atomic mass is 10.0. The van der Waals surface area contributed by atoms with Crippen LogP contribution in [0.5, 0.6) is 5.88 Å². The second-order valence-electron chi connectivity index (χ2n) is 6.61. The predicted octanol–water partition coefficient (Wildman–Crippen LogP) is 3.09. The number of nitrogens with zero attached hydrogens (tertiary/aromatic N) is 3. The summed E-state index contributed by atoms with van der Waals surface area (Å²) in [6, 6.07) is 5.25. The molecular formula is C17H13Cl2N3OS. The number of benzene rings is 1. The maximum atomic E-state index is 5.97. The van der Waals surface area contributed by atoms with Gasteiger partial charge in [-0.15, -0.1) is 4.37 Å². The van der Waals surface area contributed by atoms with Crippen LogP contribution in [0, 0.1) is 23.7 Å². The first-order valence-electron chi connectivity index (χ1n) is 7.80. The third-order valence-corrected chi connectivity index (χ3v) is 6.32. The lowest BCUT2D eigenvalue weighted by Crippen LogP contribution is -2.17. The van der Waals surface area contributed by atoms with Crippen LogP contribution in [0.2, 0.25) is 10.0 Å². The van der Waals surface area contributed by atoms with E-state index in [1.165, 1.54) is 24.8 Å². The smallest absolute Gasteiger partial charge is 0.250 e. The quantitative estimate of drug-likeness (QED) is 0.770. The average Bonchev–Trinajstić information content (AvgIpc) is 3.12. The highest BCUT2D eigenvalue weighted by Crippen LogP contribution is 2.70. The highest BCUT2D eigenvalue weighted by molar-refractivity contribution is 6.99. The first-order chi connectivity index (χ1) is 11.7. The third kappa shape index (κ3) is 2.18. The summed E-state index contributed by atoms with van der Waals surface area (Å²) in [6.45, 7) is 3.79. The summed E-state index contributed by atoms with van der Waals surface area (Å²) < 4.78 is 14.7. The molecule has 7 heteroatoms. The molecule has 2 unspecified atom stereocenters. The molecular weight excluding hydrogens is 365 g/mol. The van der Waals surface area contributed by atoms with Crippen molar-refractivity contribution < 1.29 is 4.74 Å². The molecule has 2 atom stereocenters. The molecule has 4 nitrogen and oxygen atoms in total. The van der Waals surface area contributed by atoms with E-state index in [0.29, 0.717) is 15.9 Å². The van der Waals surface area contributed by atoms with Crippen LogP contribution in [0.4, 0.5) is 0 Å². The molecule has 4 heterocycles. The molecule has 24 heavy (non-hydrogen) atoms. The maximum Gasteiger partial charge on any atom is 0.250 e. The van der Waals surface area contributed by atoms with Crippen molar-refractivity contribution in [3.63, 3.8) is 0 Å². The molecule has 122 valence electrons. The molecule has 4 bridgehead atoms. The number of aromatic nitrogens is 2. The monoisotopic (exact) mass is 377 g/mol. The Morgan fingerprint density at radius 3 is 2.62 bits per heavy atom. The van der Waals surface area contributed by atoms with E-state index >= 15 is 0 Å². The van der Waals surface area contributed by atoms with Gasteiger partial charge in [-0.25, -0.2) is 0 Å². The summed E-state index contributed by atoms with van der Waals surface area (Å²) in [6.07, 6.45) is 0. The van der Waals surface area contributed by atoms with Crippen molar-refractivity contribution in [3.05, 3.63) is 39.5 Å². The fourth-order valence-electron chi connectivity index (χ4n) is 4.40. The van der Waals surface area contributed by atoms with E-state index in [1.54, 1.807) is 18.2 Å². The van der Waals surface area contributed by atoms with Crippen molar-refractivity contribution in [2.75, 3.05) is 26.2 Å². The SMILES string of the molecule is Clc1cc(Cl)cc(C#CCOc2nsnc2C23CN4CC2C3C4)c1. The molecule has 0 spiro atoms. The van der Waals surface area contributed by atoms with Crippen LogP contribution in [-0.4, -0.2) is 39.9 Å². The van der Waals surface area contributed by atoms with Crippen molar-refractivity contribution in [1.82, 2.24) is 13.6 Å². The van der Waals surface area contributed by atoms with E-state index in [2.05, 4.69) is 25.5 Å². The number of piperidine rings is 3. The largest absolute Gasteiger partial charge is 0.463 e. The summed E-state index contributed by atoms with van der Waals surface area (Å²) in [4.78, 5) is 2.52. The molecule has 1 aliphatic carbocycles. The summed E-state index contributed by atoms with van der Waals surface area (Å²) in [7, 11) is 0. The predicted molar refractivity (Wildman–Crippen MR) is 93.8 cm³/mol. The Balaban J connectivity index is 1.29. The number of hydrogen-bond acceptors (Lipinski definition) is 5. The van der Waals surface area contributed by atoms with E-state index < -0.39 is 0 Å². The number of halogens is 2. The van der Waals surface area contributed by atoms with E-state index in [4.69, 9.17) is 27.9 Å². The Hall–Kier alpha value is -1.32. The molecule has 1 aromatic heterocycles. The van der Waals surface area contributed by atoms with E-state index in [0.717, 1.165) is 29.6 Å². The van der Waals surface area contributed by atoms with Gasteiger partial charge in [0.2, 0.25) is 0 Å². The van der Waals surface area contributed by atoms with Crippen molar-refractivity contribution >= 4 is 34.9 Å². The first kappa shape index (κ1) is 15.0. The highest BCUT2D eigenvalue weighted by Gasteiger charge is 2.76. The van der Waals surface area contributed by atoms with E-state index in [9.17, 15) is 0 Å². The van der Waals surface area contributed by atoms with Gasteiger partial charge >= 0.3 is 0 Å². The Kier molecular flexibility index (Phi) is 3.33. The van der Waals surface area contributed by atoms with Crippen LogP contribution in [0.15, 0.2) is 18.2 Å². The maximum absolute atomic E-state index is 5.97. The van der Waals surface area contributed by atoms with Gasteiger partial charge < -0.3 is 9.64 Å². The zero-order chi connectivity index (χ0) is 16.3. The molecule has 0 N–H and O–H groups in total. The lowest BCUT2D eigenvalue weighted by Gasteiger charge is -2.09. The standard InChI is InChI=1S/C17H13Cl2N3OS/c18-11-4-10(5-12(19)6-11)2-1-3-23-16-15(20-24-21-16)17-9-22-7-13(17)14(17)8-22/h4-6,13-14H,3,7-9H2. The molecule has 4 fully saturated rings. The van der Waals surface area contributed by atoms with Gasteiger partial charge in [0.25, 0.3) is 5.88 Å². The molecule has 0 amide bonds. The van der Waals surface area contributed by atoms with Gasteiger partial charge in [-0.2, -0.15) is 4.37 Å². The van der Waals surface area contributed by atoms with Gasteiger partial charge in [0.1, 0.15) is 5.69 Å². The average molecular weight is 378 g/mol. The van der Waals surface area contributed by atoms with Crippen LogP contribution in [0.3, 0.4) is 0 Å². The zero-order valence-corrected chi connectivity index (χ0v) is 15.0. The van der Waals surface area contributed by atoms with Gasteiger partial charge in [-0.1, -0.05) is 35.0 Å². The van der Waals surface area contributed by atoms with Crippen molar-refractivity contribution in [3.8, 4) is 17.7 Å². The van der Waals surface area contributed by atoms with Gasteiger partial charge in [-0.3, -0.25) is 0 Å². The van der Waals surface area contributed by atoms with Crippen LogP contribution < -0.4 is 4.74 Å². The number of ether oxygens (including phenoxy) is 1. The van der Waals surface area contributed by atoms with E-state index in [-0.39, 0.29) is 12.0 Å². The summed E-state index contributed by atoms with van der Waals surface area (Å²) in [5, 5.41) is 1.15. The molecule has 4 aliphatic rings. The van der Waals surface area contributed by atoms with Gasteiger partial charge in [0.15, 0.2) is 6.61 Å². The number of hydrogen-bond donors (Lipinski definition) is 0. The minimum absolute atomic E-state index is 0.218.